The van der Waals surface area contributed by atoms with Crippen LogP contribution in [0.15, 0.2) is 71.4 Å². The van der Waals surface area contributed by atoms with Crippen molar-refractivity contribution in [3.05, 3.63) is 77.6 Å². The van der Waals surface area contributed by atoms with Gasteiger partial charge in [-0.2, -0.15) is 0 Å². The zero-order chi connectivity index (χ0) is 16.2. The van der Waals surface area contributed by atoms with Crippen molar-refractivity contribution in [2.75, 3.05) is 0 Å². The molecule has 1 aliphatic rings. The number of hydrogen-bond acceptors (Lipinski definition) is 3. The fourth-order valence-electron chi connectivity index (χ4n) is 2.90. The minimum Gasteiger partial charge on any atom is -0.515 e. The number of nitrogens with zero attached hydrogens (tertiary/aromatic N) is 1. The lowest BCUT2D eigenvalue weighted by molar-refractivity contribution is -0.115. The van der Waals surface area contributed by atoms with E-state index in [1.807, 2.05) is 61.5 Å². The molecule has 0 radical (unpaired) electrons. The number of Topliss-reactive ketones (excluding diaryl/α,β-unsaturated/α-hetero) is 1. The van der Waals surface area contributed by atoms with E-state index in [4.69, 9.17) is 0 Å². The molecule has 0 spiro atoms. The molecular formula is C20H19NO2. The van der Waals surface area contributed by atoms with Crippen LogP contribution < -0.4 is 0 Å². The van der Waals surface area contributed by atoms with Gasteiger partial charge in [0.05, 0.1) is 23.2 Å². The maximum atomic E-state index is 12.4. The minimum absolute atomic E-state index is 0.0570. The predicted molar refractivity (Wildman–Crippen MR) is 92.4 cm³/mol. The number of ketones is 1. The van der Waals surface area contributed by atoms with Gasteiger partial charge in [-0.1, -0.05) is 48.0 Å². The number of benzene rings is 2. The van der Waals surface area contributed by atoms with Gasteiger partial charge in [0.2, 0.25) is 0 Å². The van der Waals surface area contributed by atoms with Crippen LogP contribution in [-0.2, 0) is 4.79 Å². The first-order valence-electron chi connectivity index (χ1n) is 7.74. The van der Waals surface area contributed by atoms with Gasteiger partial charge in [0, 0.05) is 6.42 Å². The number of hydrogen-bond donors (Lipinski definition) is 1. The van der Waals surface area contributed by atoms with Crippen LogP contribution in [0.25, 0.3) is 0 Å². The monoisotopic (exact) mass is 305 g/mol. The summed E-state index contributed by atoms with van der Waals surface area (Å²) in [7, 11) is 0. The van der Waals surface area contributed by atoms with Crippen molar-refractivity contribution in [2.24, 2.45) is 4.99 Å². The third-order valence-electron chi connectivity index (χ3n) is 4.18. The Bertz CT molecular complexity index is 758. The molecule has 1 unspecified atom stereocenters. The van der Waals surface area contributed by atoms with Crippen molar-refractivity contribution >= 4 is 17.2 Å². The summed E-state index contributed by atoms with van der Waals surface area (Å²) < 4.78 is 0. The molecule has 0 aliphatic heterocycles. The molecule has 2 aromatic carbocycles. The minimum atomic E-state index is -0.0570. The molecule has 3 nitrogen and oxygen atoms in total. The van der Waals surface area contributed by atoms with Crippen molar-refractivity contribution < 1.29 is 9.90 Å². The molecule has 1 atom stereocenters. The van der Waals surface area contributed by atoms with Gasteiger partial charge in [0.25, 0.3) is 0 Å². The van der Waals surface area contributed by atoms with E-state index < -0.39 is 0 Å². The average molecular weight is 305 g/mol. The van der Waals surface area contributed by atoms with Crippen LogP contribution >= 0.6 is 0 Å². The normalized spacial score (nSPS) is 21.8. The molecule has 1 N–H and O–H groups in total. The highest BCUT2D eigenvalue weighted by molar-refractivity contribution is 6.24. The first kappa shape index (κ1) is 15.2. The van der Waals surface area contributed by atoms with Crippen LogP contribution in [0, 0.1) is 6.92 Å². The van der Waals surface area contributed by atoms with Gasteiger partial charge >= 0.3 is 0 Å². The van der Waals surface area contributed by atoms with Gasteiger partial charge in [0.1, 0.15) is 0 Å². The summed E-state index contributed by atoms with van der Waals surface area (Å²) in [5.41, 5.74) is 4.08. The molecule has 2 aromatic rings. The largest absolute Gasteiger partial charge is 0.515 e. The molecule has 0 bridgehead atoms. The van der Waals surface area contributed by atoms with E-state index in [9.17, 15) is 9.90 Å². The molecule has 0 heterocycles. The first-order valence-corrected chi connectivity index (χ1v) is 7.74. The molecule has 1 aliphatic carbocycles. The number of carbonyl (C=O) groups excluding carboxylic acids is 1. The summed E-state index contributed by atoms with van der Waals surface area (Å²) in [6.45, 7) is 2.02. The molecular weight excluding hydrogens is 286 g/mol. The van der Waals surface area contributed by atoms with E-state index in [0.29, 0.717) is 24.1 Å². The van der Waals surface area contributed by atoms with Gasteiger partial charge in [-0.15, -0.1) is 0 Å². The lowest BCUT2D eigenvalue weighted by Gasteiger charge is -2.24. The van der Waals surface area contributed by atoms with Gasteiger partial charge in [-0.25, -0.2) is 0 Å². The Hall–Kier alpha value is -2.68. The second-order valence-corrected chi connectivity index (χ2v) is 5.88. The summed E-state index contributed by atoms with van der Waals surface area (Å²) >= 11 is 0. The van der Waals surface area contributed by atoms with Crippen LogP contribution in [0.2, 0.25) is 0 Å². The summed E-state index contributed by atoms with van der Waals surface area (Å²) in [4.78, 5) is 17.0. The standard InChI is InChI=1S/C20H19NO2/c1-14-7-9-17(10-8-14)21-19-11-16(12-20(23)18(19)13-22)15-5-3-2-4-6-15/h2-10,13,16,22H,11-12H2,1H3. The van der Waals surface area contributed by atoms with Gasteiger partial charge in [-0.3, -0.25) is 9.79 Å². The smallest absolute Gasteiger partial charge is 0.168 e. The van der Waals surface area contributed by atoms with E-state index in [1.54, 1.807) is 0 Å². The van der Waals surface area contributed by atoms with Crippen LogP contribution in [0.3, 0.4) is 0 Å². The van der Waals surface area contributed by atoms with Gasteiger partial charge in [0.15, 0.2) is 5.78 Å². The SMILES string of the molecule is Cc1ccc(N=C2CC(c3ccccc3)CC(=O)C2=CO)cc1. The van der Waals surface area contributed by atoms with E-state index >= 15 is 0 Å². The van der Waals surface area contributed by atoms with Crippen molar-refractivity contribution in [3.8, 4) is 0 Å². The topological polar surface area (TPSA) is 49.7 Å². The Kier molecular flexibility index (Phi) is 4.38. The number of aliphatic hydroxyl groups excluding tert-OH is 1. The third kappa shape index (κ3) is 3.39. The summed E-state index contributed by atoms with van der Waals surface area (Å²) in [6, 6.07) is 17.8. The highest BCUT2D eigenvalue weighted by Crippen LogP contribution is 2.33. The highest BCUT2D eigenvalue weighted by atomic mass is 16.2. The lowest BCUT2D eigenvalue weighted by atomic mass is 9.80. The molecule has 3 heteroatoms. The molecule has 0 saturated heterocycles. The summed E-state index contributed by atoms with van der Waals surface area (Å²) in [5.74, 6) is 0.0510. The number of aliphatic hydroxyl groups is 1. The average Bonchev–Trinajstić information content (AvgIpc) is 2.57. The van der Waals surface area contributed by atoms with Crippen LogP contribution in [0.5, 0.6) is 0 Å². The lowest BCUT2D eigenvalue weighted by Crippen LogP contribution is -2.25. The van der Waals surface area contributed by atoms with Crippen LogP contribution in [-0.4, -0.2) is 16.6 Å². The Balaban J connectivity index is 1.95. The van der Waals surface area contributed by atoms with Crippen molar-refractivity contribution in [1.82, 2.24) is 0 Å². The van der Waals surface area contributed by atoms with Crippen LogP contribution in [0.4, 0.5) is 5.69 Å². The first-order chi connectivity index (χ1) is 11.2. The number of aryl methyl sites for hydroxylation is 1. The number of allylic oxidation sites excluding steroid dienone is 1. The molecule has 1 saturated carbocycles. The fourth-order valence-corrected chi connectivity index (χ4v) is 2.90. The van der Waals surface area contributed by atoms with Crippen molar-refractivity contribution in [1.29, 1.82) is 0 Å². The second-order valence-electron chi connectivity index (χ2n) is 5.88. The highest BCUT2D eigenvalue weighted by Gasteiger charge is 2.30. The number of carbonyl (C=O) groups is 1. The Morgan fingerprint density at radius 3 is 2.39 bits per heavy atom. The zero-order valence-corrected chi connectivity index (χ0v) is 13.1. The molecule has 3 rings (SSSR count). The predicted octanol–water partition coefficient (Wildman–Crippen LogP) is 4.66. The fraction of sp³-hybridized carbons (Fsp3) is 0.200. The maximum absolute atomic E-state index is 12.4. The summed E-state index contributed by atoms with van der Waals surface area (Å²) in [6.07, 6.45) is 1.95. The number of rotatable bonds is 2. The quantitative estimate of drug-likeness (QED) is 0.648. The third-order valence-corrected chi connectivity index (χ3v) is 4.18. The molecule has 1 fully saturated rings. The number of aliphatic imine (C=N–C) groups is 1. The van der Waals surface area contributed by atoms with E-state index in [1.165, 1.54) is 0 Å². The van der Waals surface area contributed by atoms with E-state index in [0.717, 1.165) is 23.1 Å². The zero-order valence-electron chi connectivity index (χ0n) is 13.1. The Morgan fingerprint density at radius 1 is 1.04 bits per heavy atom. The van der Waals surface area contributed by atoms with E-state index in [-0.39, 0.29) is 11.7 Å². The van der Waals surface area contributed by atoms with Gasteiger partial charge < -0.3 is 5.11 Å². The van der Waals surface area contributed by atoms with Gasteiger partial charge in [-0.05, 0) is 37.0 Å². The molecule has 23 heavy (non-hydrogen) atoms. The molecule has 116 valence electrons. The molecule has 0 amide bonds. The molecule has 0 aromatic heterocycles. The summed E-state index contributed by atoms with van der Waals surface area (Å²) in [5, 5.41) is 9.45. The second kappa shape index (κ2) is 6.61. The maximum Gasteiger partial charge on any atom is 0.168 e. The Morgan fingerprint density at radius 2 is 1.74 bits per heavy atom. The van der Waals surface area contributed by atoms with Crippen LogP contribution in [0.1, 0.15) is 29.9 Å². The van der Waals surface area contributed by atoms with Crippen molar-refractivity contribution in [2.45, 2.75) is 25.7 Å². The Labute approximate surface area is 136 Å². The van der Waals surface area contributed by atoms with E-state index in [2.05, 4.69) is 4.99 Å². The van der Waals surface area contributed by atoms with Crippen molar-refractivity contribution in [3.63, 3.8) is 0 Å².